The summed E-state index contributed by atoms with van der Waals surface area (Å²) < 4.78 is 60.6. The van der Waals surface area contributed by atoms with Gasteiger partial charge in [0.1, 0.15) is 11.1 Å². The van der Waals surface area contributed by atoms with E-state index >= 15 is 0 Å². The van der Waals surface area contributed by atoms with Gasteiger partial charge in [-0.25, -0.2) is 13.2 Å². The van der Waals surface area contributed by atoms with Crippen LogP contribution in [0.15, 0.2) is 33.5 Å². The minimum absolute atomic E-state index is 0.0727. The Balaban J connectivity index is 1.78. The molecule has 1 aromatic carbocycles. The maximum absolute atomic E-state index is 12.7. The van der Waals surface area contributed by atoms with Crippen molar-refractivity contribution in [2.45, 2.75) is 29.9 Å². The Labute approximate surface area is 171 Å². The molecule has 0 aromatic heterocycles. The number of carbonyl (C=O) groups is 1. The van der Waals surface area contributed by atoms with Gasteiger partial charge in [0.25, 0.3) is 0 Å². The van der Waals surface area contributed by atoms with Crippen LogP contribution in [0.5, 0.6) is 5.75 Å². The Morgan fingerprint density at radius 1 is 1.21 bits per heavy atom. The van der Waals surface area contributed by atoms with E-state index < -0.39 is 32.6 Å². The fraction of sp³-hybridized carbons (Fsp3) is 0.588. The van der Waals surface area contributed by atoms with Gasteiger partial charge in [-0.1, -0.05) is 12.1 Å². The van der Waals surface area contributed by atoms with Crippen molar-refractivity contribution in [1.29, 1.82) is 0 Å². The molecule has 0 spiro atoms. The van der Waals surface area contributed by atoms with E-state index in [2.05, 4.69) is 9.26 Å². The molecule has 2 fully saturated rings. The van der Waals surface area contributed by atoms with Gasteiger partial charge in [-0.05, 0) is 18.6 Å². The first-order valence-corrected chi connectivity index (χ1v) is 12.1. The zero-order valence-corrected chi connectivity index (χ0v) is 17.6. The third-order valence-electron chi connectivity index (χ3n) is 5.00. The van der Waals surface area contributed by atoms with Crippen molar-refractivity contribution in [1.82, 2.24) is 9.80 Å². The number of nitrogens with zero attached hydrogens (tertiary/aromatic N) is 3. The molecular weight excluding hydrogens is 422 g/mol. The minimum atomic E-state index is -3.60. The lowest BCUT2D eigenvalue weighted by atomic mass is 10.0. The van der Waals surface area contributed by atoms with Gasteiger partial charge in [0.05, 0.1) is 13.2 Å². The Morgan fingerprint density at radius 2 is 1.90 bits per heavy atom. The van der Waals surface area contributed by atoms with Crippen molar-refractivity contribution in [3.8, 4) is 5.75 Å². The van der Waals surface area contributed by atoms with Crippen LogP contribution in [0.4, 0.5) is 4.79 Å². The zero-order valence-electron chi connectivity index (χ0n) is 15.9. The van der Waals surface area contributed by atoms with E-state index in [4.69, 9.17) is 9.47 Å². The average Bonchev–Trinajstić information content (AvgIpc) is 2.67. The highest BCUT2D eigenvalue weighted by Crippen LogP contribution is 2.27. The maximum Gasteiger partial charge on any atom is 0.417 e. The van der Waals surface area contributed by atoms with E-state index in [1.165, 1.54) is 23.1 Å². The van der Waals surface area contributed by atoms with Crippen molar-refractivity contribution in [3.63, 3.8) is 0 Å². The summed E-state index contributed by atoms with van der Waals surface area (Å²) in [5.74, 6) is -0.0997. The van der Waals surface area contributed by atoms with Crippen LogP contribution in [0.3, 0.4) is 0 Å². The lowest BCUT2D eigenvalue weighted by molar-refractivity contribution is -0.00612. The fourth-order valence-electron chi connectivity index (χ4n) is 3.61. The third-order valence-corrected chi connectivity index (χ3v) is 6.55. The van der Waals surface area contributed by atoms with Gasteiger partial charge in [0, 0.05) is 38.4 Å². The second-order valence-electron chi connectivity index (χ2n) is 6.91. The minimum Gasteiger partial charge on any atom is -0.409 e. The predicted octanol–water partition coefficient (Wildman–Crippen LogP) is 0.774. The molecule has 12 heteroatoms. The molecule has 0 N–H and O–H groups in total. The molecule has 3 rings (SSSR count). The number of carbonyl (C=O) groups excluding carboxylic acids is 1. The second-order valence-corrected chi connectivity index (χ2v) is 9.54. The van der Waals surface area contributed by atoms with Gasteiger partial charge in [0.15, 0.2) is 15.6 Å². The summed E-state index contributed by atoms with van der Waals surface area (Å²) in [4.78, 5) is 16.1. The molecule has 0 bridgehead atoms. The standard InChI is InChI=1S/C17H23N3O7S2/c1-29(24,25)15-5-3-2-4-14(15)27-17(21)20-7-6-13(12-16(20)18-28(22)23)19-8-10-26-11-9-19/h2-5,13,16H,6-12H2,1H3. The summed E-state index contributed by atoms with van der Waals surface area (Å²) >= 11 is 0. The van der Waals surface area contributed by atoms with Crippen LogP contribution in [0.25, 0.3) is 0 Å². The second kappa shape index (κ2) is 9.20. The third kappa shape index (κ3) is 5.53. The first-order valence-electron chi connectivity index (χ1n) is 9.15. The summed E-state index contributed by atoms with van der Waals surface area (Å²) in [6.45, 7) is 2.95. The lowest BCUT2D eigenvalue weighted by Gasteiger charge is -2.41. The largest absolute Gasteiger partial charge is 0.417 e. The molecule has 29 heavy (non-hydrogen) atoms. The SMILES string of the molecule is CS(=O)(=O)c1ccccc1OC(=O)N1CCC(N2CCOCC2)CC1N=S(=O)=O. The predicted molar refractivity (Wildman–Crippen MR) is 103 cm³/mol. The van der Waals surface area contributed by atoms with E-state index in [0.717, 1.165) is 19.3 Å². The van der Waals surface area contributed by atoms with E-state index in [9.17, 15) is 21.6 Å². The first kappa shape index (κ1) is 21.7. The highest BCUT2D eigenvalue weighted by atomic mass is 32.2. The number of benzene rings is 1. The Bertz CT molecular complexity index is 980. The number of hydrogen-bond donors (Lipinski definition) is 0. The van der Waals surface area contributed by atoms with Gasteiger partial charge < -0.3 is 9.47 Å². The van der Waals surface area contributed by atoms with Crippen LogP contribution < -0.4 is 4.74 Å². The number of hydrogen-bond acceptors (Lipinski definition) is 9. The number of amides is 1. The lowest BCUT2D eigenvalue weighted by Crippen LogP contribution is -2.54. The van der Waals surface area contributed by atoms with E-state index in [1.807, 2.05) is 0 Å². The summed E-state index contributed by atoms with van der Waals surface area (Å²) in [7, 11) is -6.30. The molecule has 2 atom stereocenters. The number of piperidine rings is 1. The molecule has 2 aliphatic rings. The number of ether oxygens (including phenoxy) is 2. The van der Waals surface area contributed by atoms with Gasteiger partial charge in [-0.15, -0.1) is 4.36 Å². The molecule has 2 saturated heterocycles. The molecule has 0 saturated carbocycles. The van der Waals surface area contributed by atoms with E-state index in [-0.39, 0.29) is 23.2 Å². The monoisotopic (exact) mass is 445 g/mol. The Morgan fingerprint density at radius 3 is 2.55 bits per heavy atom. The molecule has 1 aromatic rings. The summed E-state index contributed by atoms with van der Waals surface area (Å²) in [6.07, 6.45) is 0.247. The van der Waals surface area contributed by atoms with Gasteiger partial charge in [0.2, 0.25) is 0 Å². The molecule has 2 aliphatic heterocycles. The average molecular weight is 446 g/mol. The van der Waals surface area contributed by atoms with E-state index in [0.29, 0.717) is 26.1 Å². The summed E-state index contributed by atoms with van der Waals surface area (Å²) in [6, 6.07) is 5.88. The van der Waals surface area contributed by atoms with Crippen LogP contribution >= 0.6 is 0 Å². The molecule has 0 radical (unpaired) electrons. The summed E-state index contributed by atoms with van der Waals surface area (Å²) in [5.41, 5.74) is 0. The molecule has 0 aliphatic carbocycles. The zero-order chi connectivity index (χ0) is 21.0. The van der Waals surface area contributed by atoms with Crippen LogP contribution in [-0.2, 0) is 25.1 Å². The van der Waals surface area contributed by atoms with Crippen LogP contribution in [-0.4, -0.2) is 84.0 Å². The maximum atomic E-state index is 12.7. The highest BCUT2D eigenvalue weighted by molar-refractivity contribution is 7.90. The molecular formula is C17H23N3O7S2. The fourth-order valence-corrected chi connectivity index (χ4v) is 4.81. The van der Waals surface area contributed by atoms with Crippen molar-refractivity contribution in [2.75, 3.05) is 39.1 Å². The van der Waals surface area contributed by atoms with Crippen molar-refractivity contribution >= 4 is 26.4 Å². The molecule has 10 nitrogen and oxygen atoms in total. The highest BCUT2D eigenvalue weighted by Gasteiger charge is 2.36. The van der Waals surface area contributed by atoms with Crippen LogP contribution in [0.1, 0.15) is 12.8 Å². The van der Waals surface area contributed by atoms with Gasteiger partial charge in [-0.3, -0.25) is 9.80 Å². The summed E-state index contributed by atoms with van der Waals surface area (Å²) in [5, 5.41) is 0. The molecule has 1 amide bonds. The number of likely N-dealkylation sites (tertiary alicyclic amines) is 1. The van der Waals surface area contributed by atoms with Crippen LogP contribution in [0, 0.1) is 0 Å². The number of rotatable bonds is 4. The van der Waals surface area contributed by atoms with Crippen molar-refractivity contribution < 1.29 is 31.1 Å². The quantitative estimate of drug-likeness (QED) is 0.666. The van der Waals surface area contributed by atoms with Crippen molar-refractivity contribution in [2.24, 2.45) is 4.36 Å². The normalized spacial score (nSPS) is 23.4. The molecule has 160 valence electrons. The Kier molecular flexibility index (Phi) is 6.88. The van der Waals surface area contributed by atoms with Gasteiger partial charge >= 0.3 is 16.6 Å². The number of sulfone groups is 1. The number of morpholine rings is 1. The Hall–Kier alpha value is -2.02. The smallest absolute Gasteiger partial charge is 0.409 e. The van der Waals surface area contributed by atoms with Gasteiger partial charge in [-0.2, -0.15) is 8.42 Å². The number of para-hydroxylation sites is 1. The molecule has 2 heterocycles. The topological polar surface area (TPSA) is 123 Å². The van der Waals surface area contributed by atoms with Crippen molar-refractivity contribution in [3.05, 3.63) is 24.3 Å². The van der Waals surface area contributed by atoms with Crippen LogP contribution in [0.2, 0.25) is 0 Å². The van der Waals surface area contributed by atoms with E-state index in [1.54, 1.807) is 6.07 Å². The molecule has 2 unspecified atom stereocenters. The first-order chi connectivity index (χ1) is 13.8.